The van der Waals surface area contributed by atoms with E-state index in [1.807, 2.05) is 233 Å². The van der Waals surface area contributed by atoms with Gasteiger partial charge >= 0.3 is 10.3 Å². The molecule has 0 aliphatic carbocycles. The van der Waals surface area contributed by atoms with Crippen molar-refractivity contribution in [2.24, 2.45) is 0 Å². The summed E-state index contributed by atoms with van der Waals surface area (Å²) in [5, 5.41) is 87.0. The second kappa shape index (κ2) is 56.6. The molecule has 0 saturated heterocycles. The van der Waals surface area contributed by atoms with E-state index in [0.29, 0.717) is 31.8 Å². The Kier molecular flexibility index (Phi) is 47.2. The van der Waals surface area contributed by atoms with Crippen molar-refractivity contribution in [3.8, 4) is 47.9 Å². The normalized spacial score (nSPS) is 10.9. The van der Waals surface area contributed by atoms with E-state index in [0.717, 1.165) is 111 Å². The SMILES string of the molecule is C=Cc1ccc(O)cc1.CC(C)(C#N)c1cc(/C=C/c2ccc(NS(=O)(=O)O)cc2)cc(Cn2cncn2)c1.CC(C)(C#N)c1cc(/C=C/c2ccc(O)cc2)cc(Cn2cncn2)c1.CC(C)(C#N)c1cc(Br)cc(CBr)c1.CC(C)(C#N)c1cc(Br)cc(Cn2cncn2)c1.Cc1cc(Br)cc(C(C)(C)C#N)c1.Cc1cc(Br)cc(CBr)c1.Cc1cc(Br)cc(CC#N)c1.Cc1cc(C)cc(Br)c1. The van der Waals surface area contributed by atoms with Crippen molar-refractivity contribution in [2.45, 2.75) is 168 Å². The molecule has 3 heterocycles. The van der Waals surface area contributed by atoms with Crippen molar-refractivity contribution in [3.05, 3.63) is 407 Å². The number of aryl methyl sites for hydroxylation is 5. The third-order valence-corrected chi connectivity index (χ3v) is 25.1. The van der Waals surface area contributed by atoms with Gasteiger partial charge in [-0.15, -0.1) is 0 Å². The van der Waals surface area contributed by atoms with E-state index in [9.17, 15) is 29.3 Å². The quantitative estimate of drug-likeness (QED) is 0.0295. The Morgan fingerprint density at radius 2 is 0.621 bits per heavy atom. The van der Waals surface area contributed by atoms with Crippen LogP contribution in [0.25, 0.3) is 30.4 Å². The topological polar surface area (TPSA) is 342 Å². The van der Waals surface area contributed by atoms with Gasteiger partial charge < -0.3 is 10.2 Å². The number of rotatable bonds is 21. The average molecular weight is 2410 g/mol. The van der Waals surface area contributed by atoms with Gasteiger partial charge in [0.15, 0.2) is 0 Å². The first-order chi connectivity index (χ1) is 66.0. The van der Waals surface area contributed by atoms with Gasteiger partial charge in [-0.1, -0.05) is 261 Å². The summed E-state index contributed by atoms with van der Waals surface area (Å²) in [6.07, 6.45) is 19.5. The van der Waals surface area contributed by atoms with Crippen LogP contribution in [0.15, 0.2) is 290 Å². The zero-order valence-electron chi connectivity index (χ0n) is 80.4. The number of benzene rings is 11. The predicted molar refractivity (Wildman–Crippen MR) is 592 cm³/mol. The molecule has 3 aromatic heterocycles. The molecule has 0 unspecified atom stereocenters. The molecule has 0 atom stereocenters. The van der Waals surface area contributed by atoms with E-state index in [1.165, 1.54) is 62.4 Å². The number of nitrogens with one attached hydrogen (secondary N) is 1. The van der Waals surface area contributed by atoms with E-state index >= 15 is 0 Å². The number of aromatic nitrogens is 9. The van der Waals surface area contributed by atoms with E-state index < -0.39 is 37.4 Å². The Labute approximate surface area is 891 Å². The van der Waals surface area contributed by atoms with Crippen LogP contribution in [0.5, 0.6) is 11.5 Å². The second-order valence-corrected chi connectivity index (χ2v) is 42.8. The van der Waals surface area contributed by atoms with Gasteiger partial charge in [-0.05, 0) is 342 Å². The first-order valence-corrected chi connectivity index (χ1v) is 51.8. The molecular weight excluding hydrogens is 2300 g/mol. The lowest BCUT2D eigenvalue weighted by Gasteiger charge is -2.18. The summed E-state index contributed by atoms with van der Waals surface area (Å²) >= 11 is 27.4. The number of nitrogens with zero attached hydrogens (tertiary/aromatic N) is 15. The summed E-state index contributed by atoms with van der Waals surface area (Å²) < 4.78 is 44.2. The molecule has 722 valence electrons. The molecule has 14 rings (SSSR count). The van der Waals surface area contributed by atoms with Crippen molar-refractivity contribution in [3.63, 3.8) is 0 Å². The van der Waals surface area contributed by atoms with E-state index in [2.05, 4.69) is 270 Å². The maximum absolute atomic E-state index is 10.9. The smallest absolute Gasteiger partial charge is 0.357 e. The monoisotopic (exact) mass is 2400 g/mol. The van der Waals surface area contributed by atoms with E-state index in [4.69, 9.17) is 25.4 Å². The molecule has 21 nitrogen and oxygen atoms in total. The third-order valence-electron chi connectivity index (χ3n) is 20.5. The molecule has 14 aromatic rings. The van der Waals surface area contributed by atoms with Crippen LogP contribution in [0.3, 0.4) is 0 Å². The highest BCUT2D eigenvalue weighted by atomic mass is 79.9. The fraction of sp³-hybridized carbons (Fsp3) is 0.236. The third kappa shape index (κ3) is 42.3. The van der Waals surface area contributed by atoms with Crippen molar-refractivity contribution >= 4 is 174 Å². The Hall–Kier alpha value is -11.9. The van der Waals surface area contributed by atoms with Gasteiger partial charge in [-0.3, -0.25) is 9.27 Å². The van der Waals surface area contributed by atoms with Crippen LogP contribution in [-0.4, -0.2) is 67.5 Å². The van der Waals surface area contributed by atoms with Gasteiger partial charge in [0, 0.05) is 37.5 Å². The number of hydrogen-bond donors (Lipinski definition) is 4. The number of anilines is 1. The summed E-state index contributed by atoms with van der Waals surface area (Å²) in [6.45, 7) is 34.8. The highest BCUT2D eigenvalue weighted by Gasteiger charge is 2.26. The van der Waals surface area contributed by atoms with Crippen LogP contribution in [0, 0.1) is 103 Å². The lowest BCUT2D eigenvalue weighted by atomic mass is 9.84. The molecule has 0 aliphatic rings. The first kappa shape index (κ1) is 117. The molecule has 0 amide bonds. The lowest BCUT2D eigenvalue weighted by molar-refractivity contribution is 0.474. The minimum absolute atomic E-state index is 0.245. The number of hydrogen-bond acceptors (Lipinski definition) is 16. The zero-order chi connectivity index (χ0) is 104. The van der Waals surface area contributed by atoms with Gasteiger partial charge in [0.25, 0.3) is 0 Å². The van der Waals surface area contributed by atoms with Gasteiger partial charge in [-0.2, -0.15) is 55.3 Å². The summed E-state index contributed by atoms with van der Waals surface area (Å²) in [5.74, 6) is 0.538. The number of alkyl halides is 2. The van der Waals surface area contributed by atoms with Crippen LogP contribution in [-0.2, 0) is 74.1 Å². The van der Waals surface area contributed by atoms with Crippen molar-refractivity contribution in [2.75, 3.05) is 4.72 Å². The fourth-order valence-electron chi connectivity index (χ4n) is 12.9. The molecule has 0 bridgehead atoms. The largest absolute Gasteiger partial charge is 0.508 e. The molecule has 0 saturated carbocycles. The van der Waals surface area contributed by atoms with Gasteiger partial charge in [-0.25, -0.2) is 29.0 Å². The predicted octanol–water partition coefficient (Wildman–Crippen LogP) is 29.7. The van der Waals surface area contributed by atoms with Crippen molar-refractivity contribution < 1.29 is 23.2 Å². The minimum atomic E-state index is -4.30. The number of phenolic OH excluding ortho intramolecular Hbond substituents is 2. The fourth-order valence-corrected chi connectivity index (χ4v) is 17.7. The molecule has 11 aromatic carbocycles. The van der Waals surface area contributed by atoms with Gasteiger partial charge in [0.05, 0.1) is 95.2 Å². The Bertz CT molecular complexity index is 6780. The Morgan fingerprint density at radius 3 is 0.936 bits per heavy atom. The van der Waals surface area contributed by atoms with Crippen molar-refractivity contribution in [1.82, 2.24) is 44.3 Å². The van der Waals surface area contributed by atoms with Crippen LogP contribution in [0.4, 0.5) is 5.69 Å². The molecule has 140 heavy (non-hydrogen) atoms. The number of nitriles is 6. The average Bonchev–Trinajstić information content (AvgIpc) is 1.14. The number of aromatic hydroxyl groups is 2. The summed E-state index contributed by atoms with van der Waals surface area (Å²) in [5.41, 5.74) is 20.4. The standard InChI is InChI=1S/C21H21N5O3S.C21H20N4O.C13H13BrN4.C11H11Br2N.C11H12BrN.C9H8BrN.C8H8Br2.C8H9Br.C8H8O/c1-21(2,13-22)19-10-17(9-18(11-19)12-26-15-23-14-24-26)4-3-16-5-7-20(8-6-16)25-30(27,28)29;1-21(2,13-22)19-10-17(4-3-16-5-7-20(26)8-6-16)9-18(11-19)12-25-15-23-14-24-25;1-13(2,7-15)11-3-10(4-12(14)5-11)6-18-9-16-8-17-18;1-11(2,7-14)9-3-8(6-12)4-10(13)5-9;1-8-4-9(6-10(12)5-8)11(2,3)7-13;1-7-4-8(2-3-11)6-9(10)5-7;1-6-2-7(5-9)4-8(10)3-6;1-6-3-7(2)5-8(9)4-6;1-2-7-3-5-8(9)6-4-7/h3-11,14-15,25H,12H2,1-2H3,(H,27,28,29);3-11,14-15,26H,12H2,1-2H3;3-5,8-9H,6H2,1-2H3;3-5H,6H2,1-2H3;4-6H,1-3H3;4-6H,2H2,1H3;2-4H,5H2,1H3;3-5H,1-2H3;2-6,9H,1H2/b2*4-3+;;;;;;;. The molecule has 0 radical (unpaired) electrons. The molecular formula is C110H110Br8N16O5S. The van der Waals surface area contributed by atoms with Gasteiger partial charge in [0.1, 0.15) is 49.5 Å². The zero-order valence-corrected chi connectivity index (χ0v) is 93.9. The molecule has 0 aliphatic heterocycles. The molecule has 0 fully saturated rings. The lowest BCUT2D eigenvalue weighted by Crippen LogP contribution is -2.15. The maximum Gasteiger partial charge on any atom is 0.357 e. The van der Waals surface area contributed by atoms with Gasteiger partial charge in [0.2, 0.25) is 0 Å². The number of phenols is 2. The highest BCUT2D eigenvalue weighted by molar-refractivity contribution is 9.11. The molecule has 4 N–H and O–H groups in total. The van der Waals surface area contributed by atoms with Crippen LogP contribution < -0.4 is 4.72 Å². The Morgan fingerprint density at radius 1 is 0.350 bits per heavy atom. The Balaban J connectivity index is 0.000000250. The summed E-state index contributed by atoms with van der Waals surface area (Å²) in [6, 6.07) is 83.3. The summed E-state index contributed by atoms with van der Waals surface area (Å²) in [7, 11) is -4.30. The minimum Gasteiger partial charge on any atom is -0.508 e. The number of halogens is 8. The van der Waals surface area contributed by atoms with Crippen LogP contribution in [0.2, 0.25) is 0 Å². The second-order valence-electron chi connectivity index (χ2n) is 35.0. The van der Waals surface area contributed by atoms with Crippen LogP contribution >= 0.6 is 127 Å². The van der Waals surface area contributed by atoms with Crippen LogP contribution in [0.1, 0.15) is 186 Å². The van der Waals surface area contributed by atoms with E-state index in [-0.39, 0.29) is 11.4 Å². The first-order valence-electron chi connectivity index (χ1n) is 43.4. The molecule has 30 heteroatoms. The maximum atomic E-state index is 10.9. The summed E-state index contributed by atoms with van der Waals surface area (Å²) in [4.78, 5) is 11.9. The van der Waals surface area contributed by atoms with E-state index in [1.54, 1.807) is 87.6 Å². The van der Waals surface area contributed by atoms with Crippen molar-refractivity contribution in [1.29, 1.82) is 31.6 Å². The molecule has 0 spiro atoms. The highest BCUT2D eigenvalue weighted by Crippen LogP contribution is 2.34.